The molecule has 1 aromatic carbocycles. The Balaban J connectivity index is 1.24. The summed E-state index contributed by atoms with van der Waals surface area (Å²) in [6.45, 7) is 4.10. The Labute approximate surface area is 177 Å². The highest BCUT2D eigenvalue weighted by Gasteiger charge is 2.20. The largest absolute Gasteiger partial charge is 0.390 e. The van der Waals surface area contributed by atoms with Crippen molar-refractivity contribution in [2.75, 3.05) is 32.8 Å². The van der Waals surface area contributed by atoms with Crippen LogP contribution in [0.1, 0.15) is 40.0 Å². The minimum absolute atomic E-state index is 0.217. The van der Waals surface area contributed by atoms with Gasteiger partial charge >= 0.3 is 0 Å². The number of rotatable bonds is 7. The van der Waals surface area contributed by atoms with Crippen molar-refractivity contribution in [3.05, 3.63) is 58.9 Å². The van der Waals surface area contributed by atoms with Crippen molar-refractivity contribution in [2.24, 2.45) is 5.92 Å². The number of amides is 1. The highest BCUT2D eigenvalue weighted by molar-refractivity contribution is 5.93. The van der Waals surface area contributed by atoms with Gasteiger partial charge in [0.15, 0.2) is 0 Å². The van der Waals surface area contributed by atoms with E-state index in [1.807, 2.05) is 6.07 Å². The zero-order chi connectivity index (χ0) is 20.8. The summed E-state index contributed by atoms with van der Waals surface area (Å²) in [4.78, 5) is 14.8. The molecular weight excluding hydrogens is 380 g/mol. The van der Waals surface area contributed by atoms with Crippen LogP contribution in [0.3, 0.4) is 0 Å². The molecule has 2 aromatic rings. The number of nitrogens with one attached hydrogen (secondary N) is 1. The fraction of sp³-hybridized carbons (Fsp3) is 0.522. The standard InChI is InChI=1S/C23H30N4O3/c28-22(16-27-8-5-18-3-1-2-4-19(18)15-27)14-24-23(29)20-12-21(26-25-13-20)11-17-6-9-30-10-7-17/h1-4,12-13,17,22,28H,5-11,14-16H2,(H,24,29)/t22-/m0/s1. The number of benzene rings is 1. The number of β-amino-alcohol motifs (C(OH)–C–C–N with tert-alkyl or cyclic N) is 1. The molecule has 1 atom stereocenters. The summed E-state index contributed by atoms with van der Waals surface area (Å²) >= 11 is 0. The van der Waals surface area contributed by atoms with Gasteiger partial charge in [0.05, 0.1) is 23.6 Å². The fourth-order valence-corrected chi connectivity index (χ4v) is 4.27. The first-order valence-corrected chi connectivity index (χ1v) is 10.8. The van der Waals surface area contributed by atoms with Crippen molar-refractivity contribution in [2.45, 2.75) is 38.3 Å². The lowest BCUT2D eigenvalue weighted by Crippen LogP contribution is -2.42. The molecule has 1 saturated heterocycles. The second kappa shape index (κ2) is 10.1. The van der Waals surface area contributed by atoms with Gasteiger partial charge < -0.3 is 15.2 Å². The molecule has 7 heteroatoms. The maximum Gasteiger partial charge on any atom is 0.253 e. The number of aromatic nitrogens is 2. The molecule has 2 N–H and O–H groups in total. The Morgan fingerprint density at radius 3 is 2.90 bits per heavy atom. The Morgan fingerprint density at radius 1 is 1.27 bits per heavy atom. The molecular formula is C23H30N4O3. The highest BCUT2D eigenvalue weighted by Crippen LogP contribution is 2.20. The van der Waals surface area contributed by atoms with Crippen molar-refractivity contribution in [1.29, 1.82) is 0 Å². The molecule has 0 spiro atoms. The Morgan fingerprint density at radius 2 is 2.07 bits per heavy atom. The molecule has 0 unspecified atom stereocenters. The monoisotopic (exact) mass is 410 g/mol. The first-order valence-electron chi connectivity index (χ1n) is 10.8. The molecule has 160 valence electrons. The van der Waals surface area contributed by atoms with E-state index in [0.29, 0.717) is 18.0 Å². The van der Waals surface area contributed by atoms with Crippen LogP contribution in [-0.2, 0) is 24.1 Å². The predicted molar refractivity (Wildman–Crippen MR) is 113 cm³/mol. The summed E-state index contributed by atoms with van der Waals surface area (Å²) in [5, 5.41) is 21.4. The molecule has 1 aromatic heterocycles. The van der Waals surface area contributed by atoms with E-state index in [2.05, 4.69) is 44.7 Å². The van der Waals surface area contributed by atoms with E-state index in [1.54, 1.807) is 0 Å². The molecule has 0 aliphatic carbocycles. The van der Waals surface area contributed by atoms with Gasteiger partial charge in [-0.25, -0.2) is 0 Å². The van der Waals surface area contributed by atoms with Crippen LogP contribution >= 0.6 is 0 Å². The topological polar surface area (TPSA) is 87.6 Å². The minimum atomic E-state index is -0.615. The third-order valence-corrected chi connectivity index (χ3v) is 5.98. The zero-order valence-corrected chi connectivity index (χ0v) is 17.3. The fourth-order valence-electron chi connectivity index (χ4n) is 4.27. The average molecular weight is 411 g/mol. The van der Waals surface area contributed by atoms with Crippen molar-refractivity contribution < 1.29 is 14.6 Å². The van der Waals surface area contributed by atoms with Crippen molar-refractivity contribution in [3.8, 4) is 0 Å². The highest BCUT2D eigenvalue weighted by atomic mass is 16.5. The van der Waals surface area contributed by atoms with E-state index < -0.39 is 6.10 Å². The van der Waals surface area contributed by atoms with E-state index in [0.717, 1.165) is 57.7 Å². The van der Waals surface area contributed by atoms with Gasteiger partial charge in [0.2, 0.25) is 0 Å². The number of hydrogen-bond acceptors (Lipinski definition) is 6. The summed E-state index contributed by atoms with van der Waals surface area (Å²) in [6, 6.07) is 10.2. The number of aliphatic hydroxyl groups excluding tert-OH is 1. The molecule has 3 heterocycles. The van der Waals surface area contributed by atoms with Gasteiger partial charge in [-0.05, 0) is 48.8 Å². The number of fused-ring (bicyclic) bond motifs is 1. The Kier molecular flexibility index (Phi) is 7.04. The predicted octanol–water partition coefficient (Wildman–Crippen LogP) is 1.59. The Bertz CT molecular complexity index is 854. The molecule has 0 bridgehead atoms. The lowest BCUT2D eigenvalue weighted by atomic mass is 9.94. The average Bonchev–Trinajstić information content (AvgIpc) is 2.78. The lowest BCUT2D eigenvalue weighted by molar-refractivity contribution is 0.0662. The zero-order valence-electron chi connectivity index (χ0n) is 17.3. The van der Waals surface area contributed by atoms with Crippen LogP contribution in [-0.4, -0.2) is 65.1 Å². The van der Waals surface area contributed by atoms with Gasteiger partial charge in [-0.1, -0.05) is 24.3 Å². The second-order valence-electron chi connectivity index (χ2n) is 8.31. The van der Waals surface area contributed by atoms with E-state index in [4.69, 9.17) is 4.74 Å². The van der Waals surface area contributed by atoms with Crippen LogP contribution in [0.4, 0.5) is 0 Å². The summed E-state index contributed by atoms with van der Waals surface area (Å²) < 4.78 is 5.40. The van der Waals surface area contributed by atoms with Gasteiger partial charge in [0.25, 0.3) is 5.91 Å². The van der Waals surface area contributed by atoms with Crippen molar-refractivity contribution in [3.63, 3.8) is 0 Å². The molecule has 4 rings (SSSR count). The molecule has 1 amide bonds. The summed E-state index contributed by atoms with van der Waals surface area (Å²) in [7, 11) is 0. The van der Waals surface area contributed by atoms with E-state index in [1.165, 1.54) is 17.3 Å². The number of ether oxygens (including phenoxy) is 1. The third-order valence-electron chi connectivity index (χ3n) is 5.98. The smallest absolute Gasteiger partial charge is 0.253 e. The van der Waals surface area contributed by atoms with Gasteiger partial charge in [0.1, 0.15) is 0 Å². The SMILES string of the molecule is O=C(NC[C@H](O)CN1CCc2ccccc2C1)c1cnnc(CC2CCOCC2)c1. The summed E-state index contributed by atoms with van der Waals surface area (Å²) in [5.74, 6) is 0.309. The van der Waals surface area contributed by atoms with Crippen LogP contribution in [0.2, 0.25) is 0 Å². The number of nitrogens with zero attached hydrogens (tertiary/aromatic N) is 3. The Hall–Kier alpha value is -2.35. The van der Waals surface area contributed by atoms with Gasteiger partial charge in [0, 0.05) is 39.4 Å². The van der Waals surface area contributed by atoms with Crippen LogP contribution < -0.4 is 5.32 Å². The molecule has 0 radical (unpaired) electrons. The third kappa shape index (κ3) is 5.62. The quantitative estimate of drug-likeness (QED) is 0.721. The molecule has 2 aliphatic heterocycles. The van der Waals surface area contributed by atoms with E-state index in [-0.39, 0.29) is 12.5 Å². The van der Waals surface area contributed by atoms with Gasteiger partial charge in [-0.2, -0.15) is 10.2 Å². The van der Waals surface area contributed by atoms with Crippen LogP contribution in [0.25, 0.3) is 0 Å². The second-order valence-corrected chi connectivity index (χ2v) is 8.31. The normalized spacial score (nSPS) is 18.6. The minimum Gasteiger partial charge on any atom is -0.390 e. The maximum absolute atomic E-state index is 12.5. The number of carbonyl (C=O) groups is 1. The van der Waals surface area contributed by atoms with Crippen LogP contribution in [0.5, 0.6) is 0 Å². The number of aliphatic hydroxyl groups is 1. The van der Waals surface area contributed by atoms with Crippen molar-refractivity contribution in [1.82, 2.24) is 20.4 Å². The van der Waals surface area contributed by atoms with Crippen LogP contribution in [0.15, 0.2) is 36.5 Å². The first-order chi connectivity index (χ1) is 14.7. The number of carbonyl (C=O) groups excluding carboxylic acids is 1. The summed E-state index contributed by atoms with van der Waals surface area (Å²) in [5.41, 5.74) is 4.03. The van der Waals surface area contributed by atoms with E-state index in [9.17, 15) is 9.90 Å². The lowest BCUT2D eigenvalue weighted by Gasteiger charge is -2.30. The van der Waals surface area contributed by atoms with Crippen molar-refractivity contribution >= 4 is 5.91 Å². The van der Waals surface area contributed by atoms with Gasteiger partial charge in [-0.15, -0.1) is 0 Å². The van der Waals surface area contributed by atoms with E-state index >= 15 is 0 Å². The molecule has 1 fully saturated rings. The van der Waals surface area contributed by atoms with Crippen LogP contribution in [0, 0.1) is 5.92 Å². The number of hydrogen-bond donors (Lipinski definition) is 2. The van der Waals surface area contributed by atoms with Gasteiger partial charge in [-0.3, -0.25) is 9.69 Å². The first kappa shape index (κ1) is 20.9. The molecule has 2 aliphatic rings. The molecule has 7 nitrogen and oxygen atoms in total. The molecule has 30 heavy (non-hydrogen) atoms. The molecule has 0 saturated carbocycles. The maximum atomic E-state index is 12.5. The summed E-state index contributed by atoms with van der Waals surface area (Å²) in [6.07, 6.45) is 4.72.